The van der Waals surface area contributed by atoms with Crippen LogP contribution in [0.5, 0.6) is 11.5 Å². The Morgan fingerprint density at radius 2 is 1.81 bits per heavy atom. The van der Waals surface area contributed by atoms with Crippen LogP contribution in [0.1, 0.15) is 17.3 Å². The highest BCUT2D eigenvalue weighted by Gasteiger charge is 2.03. The first-order valence-corrected chi connectivity index (χ1v) is 7.97. The molecule has 0 aromatic heterocycles. The molecule has 2 N–H and O–H groups in total. The van der Waals surface area contributed by atoms with Crippen molar-refractivity contribution in [1.82, 2.24) is 5.32 Å². The van der Waals surface area contributed by atoms with Crippen molar-refractivity contribution in [3.05, 3.63) is 54.1 Å². The van der Waals surface area contributed by atoms with E-state index in [1.807, 2.05) is 0 Å². The molecule has 0 aliphatic carbocycles. The first-order valence-electron chi connectivity index (χ1n) is 7.97. The van der Waals surface area contributed by atoms with Crippen molar-refractivity contribution >= 4 is 17.5 Å². The lowest BCUT2D eigenvalue weighted by molar-refractivity contribution is -0.114. The number of hydrogen-bond acceptors (Lipinski definition) is 4. The van der Waals surface area contributed by atoms with Crippen LogP contribution < -0.4 is 20.1 Å². The molecule has 6 heteroatoms. The second-order valence-electron chi connectivity index (χ2n) is 5.26. The molecule has 134 valence electrons. The molecule has 2 amide bonds. The fourth-order valence-electron chi connectivity index (χ4n) is 2.07. The van der Waals surface area contributed by atoms with Crippen molar-refractivity contribution in [3.63, 3.8) is 0 Å². The Kier molecular flexibility index (Phi) is 7.07. The van der Waals surface area contributed by atoms with E-state index in [9.17, 15) is 9.59 Å². The molecule has 0 atom stereocenters. The van der Waals surface area contributed by atoms with Gasteiger partial charge in [-0.15, -0.1) is 0 Å². The van der Waals surface area contributed by atoms with E-state index in [4.69, 9.17) is 9.47 Å². The number of methoxy groups -OCH3 is 1. The molecule has 0 spiro atoms. The summed E-state index contributed by atoms with van der Waals surface area (Å²) >= 11 is 0. The zero-order chi connectivity index (χ0) is 18.8. The lowest BCUT2D eigenvalue weighted by Crippen LogP contribution is -2.23. The summed E-state index contributed by atoms with van der Waals surface area (Å²) in [6.45, 7) is 1.85. The molecular weight excluding hydrogens is 332 g/mol. The van der Waals surface area contributed by atoms with E-state index in [0.29, 0.717) is 22.7 Å². The Morgan fingerprint density at radius 1 is 1.04 bits per heavy atom. The highest BCUT2D eigenvalue weighted by Crippen LogP contribution is 2.17. The van der Waals surface area contributed by atoms with Crippen LogP contribution in [0.2, 0.25) is 0 Å². The summed E-state index contributed by atoms with van der Waals surface area (Å²) < 4.78 is 10.5. The van der Waals surface area contributed by atoms with Gasteiger partial charge in [0.05, 0.1) is 13.7 Å². The Morgan fingerprint density at radius 3 is 2.50 bits per heavy atom. The molecule has 0 aliphatic heterocycles. The molecule has 2 aromatic rings. The first-order chi connectivity index (χ1) is 12.6. The van der Waals surface area contributed by atoms with Gasteiger partial charge in [-0.25, -0.2) is 0 Å². The average Bonchev–Trinajstić information content (AvgIpc) is 2.64. The molecule has 0 saturated heterocycles. The predicted octanol–water partition coefficient (Wildman–Crippen LogP) is 2.47. The molecule has 0 heterocycles. The fraction of sp³-hybridized carbons (Fsp3) is 0.200. The van der Waals surface area contributed by atoms with E-state index < -0.39 is 0 Å². The number of rotatable bonds is 6. The number of benzene rings is 2. The largest absolute Gasteiger partial charge is 0.497 e. The minimum Gasteiger partial charge on any atom is -0.497 e. The number of carbonyl (C=O) groups excluding carboxylic acids is 2. The third-order valence-corrected chi connectivity index (χ3v) is 3.28. The van der Waals surface area contributed by atoms with Crippen molar-refractivity contribution in [2.75, 3.05) is 25.6 Å². The van der Waals surface area contributed by atoms with Gasteiger partial charge in [0.1, 0.15) is 18.1 Å². The Balaban J connectivity index is 1.75. The second-order valence-corrected chi connectivity index (χ2v) is 5.26. The van der Waals surface area contributed by atoms with Gasteiger partial charge in [-0.05, 0) is 36.4 Å². The molecule has 0 bridgehead atoms. The zero-order valence-electron chi connectivity index (χ0n) is 14.7. The van der Waals surface area contributed by atoms with Crippen molar-refractivity contribution < 1.29 is 19.1 Å². The van der Waals surface area contributed by atoms with Gasteiger partial charge in [0.2, 0.25) is 5.91 Å². The lowest BCUT2D eigenvalue weighted by Gasteiger charge is -2.05. The van der Waals surface area contributed by atoms with Gasteiger partial charge in [0.15, 0.2) is 0 Å². The van der Waals surface area contributed by atoms with Crippen LogP contribution in [-0.4, -0.2) is 32.1 Å². The molecular formula is C20H20N2O4. The maximum absolute atomic E-state index is 11.9. The van der Waals surface area contributed by atoms with Crippen LogP contribution in [-0.2, 0) is 4.79 Å². The quantitative estimate of drug-likeness (QED) is 0.783. The molecule has 0 saturated carbocycles. The maximum atomic E-state index is 11.9. The summed E-state index contributed by atoms with van der Waals surface area (Å²) in [6.07, 6.45) is 0. The summed E-state index contributed by atoms with van der Waals surface area (Å²) in [7, 11) is 1.57. The van der Waals surface area contributed by atoms with Gasteiger partial charge in [0, 0.05) is 24.2 Å². The van der Waals surface area contributed by atoms with Gasteiger partial charge in [-0.3, -0.25) is 9.59 Å². The van der Waals surface area contributed by atoms with Crippen molar-refractivity contribution in [2.45, 2.75) is 6.92 Å². The number of anilines is 1. The van der Waals surface area contributed by atoms with E-state index in [-0.39, 0.29) is 25.0 Å². The van der Waals surface area contributed by atoms with Gasteiger partial charge >= 0.3 is 0 Å². The molecule has 0 fully saturated rings. The number of carbonyl (C=O) groups is 2. The number of amides is 2. The first kappa shape index (κ1) is 18.9. The highest BCUT2D eigenvalue weighted by atomic mass is 16.5. The molecule has 6 nitrogen and oxygen atoms in total. The Labute approximate surface area is 152 Å². The van der Waals surface area contributed by atoms with Crippen LogP contribution in [0.3, 0.4) is 0 Å². The minimum absolute atomic E-state index is 0.144. The fourth-order valence-corrected chi connectivity index (χ4v) is 2.07. The van der Waals surface area contributed by atoms with Gasteiger partial charge in [-0.1, -0.05) is 17.9 Å². The third kappa shape index (κ3) is 6.21. The van der Waals surface area contributed by atoms with Crippen LogP contribution in [0.25, 0.3) is 0 Å². The molecule has 2 rings (SSSR count). The van der Waals surface area contributed by atoms with Crippen molar-refractivity contribution in [2.24, 2.45) is 0 Å². The smallest absolute Gasteiger partial charge is 0.252 e. The molecule has 0 radical (unpaired) electrons. The van der Waals surface area contributed by atoms with Gasteiger partial charge in [-0.2, -0.15) is 0 Å². The summed E-state index contributed by atoms with van der Waals surface area (Å²) in [5.74, 6) is 6.60. The summed E-state index contributed by atoms with van der Waals surface area (Å²) in [5.41, 5.74) is 1.20. The number of hydrogen-bond donors (Lipinski definition) is 2. The normalized spacial score (nSPS) is 9.46. The van der Waals surface area contributed by atoms with E-state index in [0.717, 1.165) is 0 Å². The molecule has 26 heavy (non-hydrogen) atoms. The topological polar surface area (TPSA) is 76.7 Å². The Hall–Kier alpha value is -3.46. The van der Waals surface area contributed by atoms with Crippen molar-refractivity contribution in [1.29, 1.82) is 0 Å². The van der Waals surface area contributed by atoms with E-state index in [2.05, 4.69) is 22.5 Å². The average molecular weight is 352 g/mol. The number of nitrogens with one attached hydrogen (secondary N) is 2. The second kappa shape index (κ2) is 9.74. The van der Waals surface area contributed by atoms with Crippen LogP contribution in [0.4, 0.5) is 5.69 Å². The zero-order valence-corrected chi connectivity index (χ0v) is 14.7. The SMILES string of the molecule is COc1ccc(C(=O)NCC#CCOc2cccc(NC(C)=O)c2)cc1. The van der Waals surface area contributed by atoms with E-state index in [1.54, 1.807) is 55.6 Å². The maximum Gasteiger partial charge on any atom is 0.252 e. The van der Waals surface area contributed by atoms with Gasteiger partial charge < -0.3 is 20.1 Å². The number of ether oxygens (including phenoxy) is 2. The summed E-state index contributed by atoms with van der Waals surface area (Å²) in [5, 5.41) is 5.39. The Bertz CT molecular complexity index is 820. The minimum atomic E-state index is -0.203. The summed E-state index contributed by atoms with van der Waals surface area (Å²) in [4.78, 5) is 23.0. The highest BCUT2D eigenvalue weighted by molar-refractivity contribution is 5.94. The lowest BCUT2D eigenvalue weighted by atomic mass is 10.2. The van der Waals surface area contributed by atoms with Gasteiger partial charge in [0.25, 0.3) is 5.91 Å². The molecule has 2 aromatic carbocycles. The predicted molar refractivity (Wildman–Crippen MR) is 99.3 cm³/mol. The molecule has 0 aliphatic rings. The van der Waals surface area contributed by atoms with Crippen LogP contribution in [0, 0.1) is 11.8 Å². The van der Waals surface area contributed by atoms with E-state index >= 15 is 0 Å². The van der Waals surface area contributed by atoms with Crippen molar-refractivity contribution in [3.8, 4) is 23.3 Å². The van der Waals surface area contributed by atoms with Crippen LogP contribution >= 0.6 is 0 Å². The van der Waals surface area contributed by atoms with Crippen LogP contribution in [0.15, 0.2) is 48.5 Å². The van der Waals surface area contributed by atoms with E-state index in [1.165, 1.54) is 6.92 Å². The molecule has 0 unspecified atom stereocenters. The monoisotopic (exact) mass is 352 g/mol. The third-order valence-electron chi connectivity index (χ3n) is 3.28. The standard InChI is InChI=1S/C20H20N2O4/c1-15(23)22-17-6-5-7-19(14-17)26-13-4-3-12-21-20(24)16-8-10-18(25-2)11-9-16/h5-11,14H,12-13H2,1-2H3,(H,21,24)(H,22,23). The summed E-state index contributed by atoms with van der Waals surface area (Å²) in [6, 6.07) is 13.9.